The summed E-state index contributed by atoms with van der Waals surface area (Å²) >= 11 is 0. The van der Waals surface area contributed by atoms with Crippen molar-refractivity contribution in [3.63, 3.8) is 0 Å². The minimum atomic E-state index is 0.383. The Morgan fingerprint density at radius 1 is 1.42 bits per heavy atom. The monoisotopic (exact) mass is 264 g/mol. The molecule has 0 amide bonds. The van der Waals surface area contributed by atoms with Gasteiger partial charge in [0.25, 0.3) is 0 Å². The zero-order valence-corrected chi connectivity index (χ0v) is 11.7. The Labute approximate surface area is 114 Å². The maximum absolute atomic E-state index is 5.96. The molecule has 0 aromatic carbocycles. The van der Waals surface area contributed by atoms with Crippen LogP contribution in [0.4, 0.5) is 0 Å². The van der Waals surface area contributed by atoms with E-state index in [1.807, 2.05) is 6.07 Å². The summed E-state index contributed by atoms with van der Waals surface area (Å²) in [7, 11) is 0. The second-order valence-electron chi connectivity index (χ2n) is 5.89. The average Bonchev–Trinajstić information content (AvgIpc) is 2.96. The summed E-state index contributed by atoms with van der Waals surface area (Å²) in [5, 5.41) is 7.41. The van der Waals surface area contributed by atoms with Crippen molar-refractivity contribution in [2.45, 2.75) is 64.1 Å². The first-order valence-corrected chi connectivity index (χ1v) is 7.60. The van der Waals surface area contributed by atoms with Crippen molar-refractivity contribution in [3.05, 3.63) is 18.0 Å². The van der Waals surface area contributed by atoms with E-state index in [0.29, 0.717) is 17.6 Å². The van der Waals surface area contributed by atoms with E-state index in [0.717, 1.165) is 25.3 Å². The van der Waals surface area contributed by atoms with Crippen molar-refractivity contribution in [2.24, 2.45) is 5.41 Å². The minimum Gasteiger partial charge on any atom is -0.378 e. The predicted octanol–water partition coefficient (Wildman–Crippen LogP) is 2.89. The molecule has 1 spiro atoms. The van der Waals surface area contributed by atoms with Gasteiger partial charge in [-0.1, -0.05) is 24.4 Å². The standard InChI is InChI=1S/C15H24N2O2/c1-2-18-14-10-13(15(14)7-4-3-5-8-15)16-11-12-6-9-17-19-12/h6,9,13-14,16H,2-5,7-8,10-11H2,1H3/t13-,14+/m0/s1. The molecular weight excluding hydrogens is 240 g/mol. The van der Waals surface area contributed by atoms with Crippen molar-refractivity contribution >= 4 is 0 Å². The number of aromatic nitrogens is 1. The van der Waals surface area contributed by atoms with Crippen molar-refractivity contribution in [2.75, 3.05) is 6.61 Å². The van der Waals surface area contributed by atoms with Gasteiger partial charge >= 0.3 is 0 Å². The van der Waals surface area contributed by atoms with Crippen LogP contribution in [0.3, 0.4) is 0 Å². The van der Waals surface area contributed by atoms with Gasteiger partial charge in [0.15, 0.2) is 0 Å². The molecule has 1 N–H and O–H groups in total. The third-order valence-corrected chi connectivity index (χ3v) is 4.95. The molecule has 19 heavy (non-hydrogen) atoms. The van der Waals surface area contributed by atoms with Gasteiger partial charge in [0.1, 0.15) is 5.76 Å². The lowest BCUT2D eigenvalue weighted by atomic mass is 9.55. The molecule has 2 aliphatic carbocycles. The van der Waals surface area contributed by atoms with E-state index in [9.17, 15) is 0 Å². The molecule has 2 fully saturated rings. The average molecular weight is 264 g/mol. The highest BCUT2D eigenvalue weighted by atomic mass is 16.5. The van der Waals surface area contributed by atoms with Gasteiger partial charge in [-0.05, 0) is 26.2 Å². The van der Waals surface area contributed by atoms with Crippen LogP contribution in [0, 0.1) is 5.41 Å². The Hall–Kier alpha value is -0.870. The summed E-state index contributed by atoms with van der Waals surface area (Å²) < 4.78 is 11.1. The number of nitrogens with one attached hydrogen (secondary N) is 1. The van der Waals surface area contributed by atoms with Crippen molar-refractivity contribution in [3.8, 4) is 0 Å². The molecule has 106 valence electrons. The molecule has 0 radical (unpaired) electrons. The molecule has 1 heterocycles. The second kappa shape index (κ2) is 5.63. The van der Waals surface area contributed by atoms with Crippen molar-refractivity contribution in [1.29, 1.82) is 0 Å². The number of hydrogen-bond acceptors (Lipinski definition) is 4. The molecule has 2 atom stereocenters. The predicted molar refractivity (Wildman–Crippen MR) is 72.7 cm³/mol. The summed E-state index contributed by atoms with van der Waals surface area (Å²) in [5.41, 5.74) is 0.383. The third-order valence-electron chi connectivity index (χ3n) is 4.95. The molecule has 1 aromatic heterocycles. The van der Waals surface area contributed by atoms with E-state index in [-0.39, 0.29) is 0 Å². The van der Waals surface area contributed by atoms with Gasteiger partial charge < -0.3 is 14.6 Å². The summed E-state index contributed by atoms with van der Waals surface area (Å²) in [5.74, 6) is 0.922. The van der Waals surface area contributed by atoms with Crippen LogP contribution in [0.15, 0.2) is 16.8 Å². The highest BCUT2D eigenvalue weighted by Crippen LogP contribution is 2.53. The first kappa shape index (κ1) is 13.1. The SMILES string of the molecule is CCO[C@@H]1C[C@H](NCc2ccno2)C12CCCCC2. The second-order valence-corrected chi connectivity index (χ2v) is 5.89. The third kappa shape index (κ3) is 2.43. The maximum atomic E-state index is 5.96. The van der Waals surface area contributed by atoms with Crippen LogP contribution in [-0.2, 0) is 11.3 Å². The lowest BCUT2D eigenvalue weighted by Crippen LogP contribution is -2.64. The molecule has 2 saturated carbocycles. The molecule has 4 nitrogen and oxygen atoms in total. The van der Waals surface area contributed by atoms with Gasteiger partial charge in [-0.3, -0.25) is 0 Å². The van der Waals surface area contributed by atoms with Crippen LogP contribution in [0.25, 0.3) is 0 Å². The van der Waals surface area contributed by atoms with Gasteiger partial charge in [0, 0.05) is 24.1 Å². The molecule has 0 unspecified atom stereocenters. The fraction of sp³-hybridized carbons (Fsp3) is 0.800. The van der Waals surface area contributed by atoms with E-state index < -0.39 is 0 Å². The Balaban J connectivity index is 1.61. The molecule has 4 heteroatoms. The van der Waals surface area contributed by atoms with Crippen LogP contribution in [0.5, 0.6) is 0 Å². The summed E-state index contributed by atoms with van der Waals surface area (Å²) in [6.07, 6.45) is 10.0. The normalized spacial score (nSPS) is 29.3. The maximum Gasteiger partial charge on any atom is 0.150 e. The van der Waals surface area contributed by atoms with Crippen LogP contribution in [0.2, 0.25) is 0 Å². The van der Waals surface area contributed by atoms with E-state index >= 15 is 0 Å². The lowest BCUT2D eigenvalue weighted by molar-refractivity contribution is -0.150. The molecular formula is C15H24N2O2. The summed E-state index contributed by atoms with van der Waals surface area (Å²) in [6.45, 7) is 3.72. The number of hydrogen-bond donors (Lipinski definition) is 1. The first-order valence-electron chi connectivity index (χ1n) is 7.60. The smallest absolute Gasteiger partial charge is 0.150 e. The van der Waals surface area contributed by atoms with Gasteiger partial charge in [0.05, 0.1) is 18.8 Å². The van der Waals surface area contributed by atoms with Gasteiger partial charge in [-0.15, -0.1) is 0 Å². The number of nitrogens with zero attached hydrogens (tertiary/aromatic N) is 1. The van der Waals surface area contributed by atoms with Gasteiger partial charge in [0.2, 0.25) is 0 Å². The van der Waals surface area contributed by atoms with Crippen LogP contribution >= 0.6 is 0 Å². The Morgan fingerprint density at radius 2 is 2.26 bits per heavy atom. The van der Waals surface area contributed by atoms with Gasteiger partial charge in [-0.25, -0.2) is 0 Å². The van der Waals surface area contributed by atoms with Crippen molar-refractivity contribution < 1.29 is 9.26 Å². The van der Waals surface area contributed by atoms with Crippen LogP contribution in [-0.4, -0.2) is 23.9 Å². The zero-order chi connectivity index (χ0) is 13.1. The molecule has 0 saturated heterocycles. The molecule has 1 aromatic rings. The fourth-order valence-electron chi connectivity index (χ4n) is 3.91. The highest BCUT2D eigenvalue weighted by molar-refractivity contribution is 5.09. The van der Waals surface area contributed by atoms with Crippen LogP contribution < -0.4 is 5.32 Å². The van der Waals surface area contributed by atoms with Crippen molar-refractivity contribution in [1.82, 2.24) is 10.5 Å². The van der Waals surface area contributed by atoms with E-state index in [1.54, 1.807) is 6.20 Å². The van der Waals surface area contributed by atoms with Crippen LogP contribution in [0.1, 0.15) is 51.2 Å². The molecule has 2 aliphatic rings. The highest BCUT2D eigenvalue weighted by Gasteiger charge is 2.55. The van der Waals surface area contributed by atoms with E-state index in [1.165, 1.54) is 32.1 Å². The van der Waals surface area contributed by atoms with E-state index in [2.05, 4.69) is 17.4 Å². The zero-order valence-electron chi connectivity index (χ0n) is 11.7. The van der Waals surface area contributed by atoms with Gasteiger partial charge in [-0.2, -0.15) is 0 Å². The Bertz CT molecular complexity index is 385. The summed E-state index contributed by atoms with van der Waals surface area (Å²) in [6, 6.07) is 2.51. The number of ether oxygens (including phenoxy) is 1. The Morgan fingerprint density at radius 3 is 2.95 bits per heavy atom. The topological polar surface area (TPSA) is 47.3 Å². The quantitative estimate of drug-likeness (QED) is 0.888. The minimum absolute atomic E-state index is 0.383. The molecule has 0 aliphatic heterocycles. The largest absolute Gasteiger partial charge is 0.378 e. The lowest BCUT2D eigenvalue weighted by Gasteiger charge is -2.58. The Kier molecular flexibility index (Phi) is 3.89. The molecule has 0 bridgehead atoms. The fourth-order valence-corrected chi connectivity index (χ4v) is 3.91. The number of rotatable bonds is 5. The molecule has 3 rings (SSSR count). The first-order chi connectivity index (χ1) is 9.35. The van der Waals surface area contributed by atoms with E-state index in [4.69, 9.17) is 9.26 Å². The summed E-state index contributed by atoms with van der Waals surface area (Å²) in [4.78, 5) is 0.